The van der Waals surface area contributed by atoms with Crippen molar-refractivity contribution in [2.45, 2.75) is 6.42 Å². The number of para-hydroxylation sites is 1. The average Bonchev–Trinajstić information content (AvgIpc) is 3.23. The van der Waals surface area contributed by atoms with E-state index >= 15 is 0 Å². The summed E-state index contributed by atoms with van der Waals surface area (Å²) in [5.41, 5.74) is 5.80. The number of hydrogen-bond acceptors (Lipinski definition) is 4. The standard InChI is InChI=1S/C24H25N5/c1-2-6-21(7-3-1)29-15-13-28(14-16-29)12-10-19-8-9-22-23(17-19)27-24(26-22)20-5-4-11-25-18-20/h1-9,11,17-18H,10,12-16H2,(H,26,27). The Balaban J connectivity index is 1.20. The summed E-state index contributed by atoms with van der Waals surface area (Å²) in [6.07, 6.45) is 4.68. The van der Waals surface area contributed by atoms with Crippen molar-refractivity contribution >= 4 is 16.7 Å². The van der Waals surface area contributed by atoms with Gasteiger partial charge in [-0.15, -0.1) is 0 Å². The highest BCUT2D eigenvalue weighted by Crippen LogP contribution is 2.21. The molecule has 0 saturated carbocycles. The van der Waals surface area contributed by atoms with E-state index in [1.54, 1.807) is 6.20 Å². The lowest BCUT2D eigenvalue weighted by molar-refractivity contribution is 0.261. The Bertz CT molecular complexity index is 1070. The molecule has 0 spiro atoms. The molecule has 0 aliphatic carbocycles. The Hall–Kier alpha value is -3.18. The predicted octanol–water partition coefficient (Wildman–Crippen LogP) is 3.99. The fourth-order valence-electron chi connectivity index (χ4n) is 4.01. The maximum atomic E-state index is 4.70. The Morgan fingerprint density at radius 3 is 2.55 bits per heavy atom. The van der Waals surface area contributed by atoms with Crippen LogP contribution in [0, 0.1) is 0 Å². The van der Waals surface area contributed by atoms with Gasteiger partial charge in [0.15, 0.2) is 0 Å². The van der Waals surface area contributed by atoms with Gasteiger partial charge in [-0.25, -0.2) is 4.98 Å². The summed E-state index contributed by atoms with van der Waals surface area (Å²) in [5, 5.41) is 0. The van der Waals surface area contributed by atoms with E-state index in [2.05, 4.69) is 68.3 Å². The van der Waals surface area contributed by atoms with E-state index in [-0.39, 0.29) is 0 Å². The number of benzene rings is 2. The highest BCUT2D eigenvalue weighted by atomic mass is 15.3. The molecule has 1 N–H and O–H groups in total. The van der Waals surface area contributed by atoms with E-state index in [1.807, 2.05) is 18.3 Å². The molecular formula is C24H25N5. The molecule has 0 atom stereocenters. The minimum absolute atomic E-state index is 0.877. The van der Waals surface area contributed by atoms with Crippen LogP contribution in [0.3, 0.4) is 0 Å². The van der Waals surface area contributed by atoms with Gasteiger partial charge < -0.3 is 9.88 Å². The molecule has 1 saturated heterocycles. The maximum absolute atomic E-state index is 4.70. The third-order valence-electron chi connectivity index (χ3n) is 5.69. The Labute approximate surface area is 171 Å². The molecule has 146 valence electrons. The molecule has 2 aromatic carbocycles. The molecule has 3 heterocycles. The van der Waals surface area contributed by atoms with Gasteiger partial charge in [0, 0.05) is 56.4 Å². The minimum Gasteiger partial charge on any atom is -0.369 e. The van der Waals surface area contributed by atoms with Crippen LogP contribution in [0.5, 0.6) is 0 Å². The maximum Gasteiger partial charge on any atom is 0.140 e. The van der Waals surface area contributed by atoms with Gasteiger partial charge in [0.1, 0.15) is 5.82 Å². The van der Waals surface area contributed by atoms with Gasteiger partial charge in [-0.2, -0.15) is 0 Å². The van der Waals surface area contributed by atoms with E-state index in [9.17, 15) is 0 Å². The van der Waals surface area contributed by atoms with Crippen LogP contribution >= 0.6 is 0 Å². The van der Waals surface area contributed by atoms with E-state index in [1.165, 1.54) is 11.3 Å². The zero-order valence-electron chi connectivity index (χ0n) is 16.5. The van der Waals surface area contributed by atoms with Crippen LogP contribution in [0.2, 0.25) is 0 Å². The monoisotopic (exact) mass is 383 g/mol. The number of H-pyrrole nitrogens is 1. The number of nitrogens with zero attached hydrogens (tertiary/aromatic N) is 4. The molecule has 0 bridgehead atoms. The normalized spacial score (nSPS) is 15.1. The number of hydrogen-bond donors (Lipinski definition) is 1. The van der Waals surface area contributed by atoms with Crippen LogP contribution < -0.4 is 4.90 Å². The van der Waals surface area contributed by atoms with Crippen LogP contribution in [-0.2, 0) is 6.42 Å². The lowest BCUT2D eigenvalue weighted by Crippen LogP contribution is -2.46. The van der Waals surface area contributed by atoms with Gasteiger partial charge in [0.2, 0.25) is 0 Å². The Kier molecular flexibility index (Phi) is 4.97. The van der Waals surface area contributed by atoms with E-state index in [0.29, 0.717) is 0 Å². The summed E-state index contributed by atoms with van der Waals surface area (Å²) in [7, 11) is 0. The van der Waals surface area contributed by atoms with E-state index in [4.69, 9.17) is 4.98 Å². The molecule has 2 aromatic heterocycles. The minimum atomic E-state index is 0.877. The SMILES string of the molecule is c1ccc(N2CCN(CCc3ccc4nc(-c5cccnc5)[nH]c4c3)CC2)cc1. The van der Waals surface area contributed by atoms with E-state index in [0.717, 1.165) is 61.6 Å². The first-order valence-corrected chi connectivity index (χ1v) is 10.3. The number of fused-ring (bicyclic) bond motifs is 1. The second-order valence-corrected chi connectivity index (χ2v) is 7.59. The zero-order valence-corrected chi connectivity index (χ0v) is 16.5. The second kappa shape index (κ2) is 8.05. The Morgan fingerprint density at radius 1 is 0.897 bits per heavy atom. The molecule has 1 aliphatic rings. The molecular weight excluding hydrogens is 358 g/mol. The van der Waals surface area contributed by atoms with Gasteiger partial charge in [-0.3, -0.25) is 9.88 Å². The van der Waals surface area contributed by atoms with Crippen molar-refractivity contribution in [2.75, 3.05) is 37.6 Å². The summed E-state index contributed by atoms with van der Waals surface area (Å²) in [6.45, 7) is 5.52. The fourth-order valence-corrected chi connectivity index (χ4v) is 4.01. The number of imidazole rings is 1. The summed E-state index contributed by atoms with van der Waals surface area (Å²) in [5.74, 6) is 0.877. The third kappa shape index (κ3) is 4.00. The molecule has 0 amide bonds. The van der Waals surface area contributed by atoms with Crippen molar-refractivity contribution in [1.82, 2.24) is 19.9 Å². The smallest absolute Gasteiger partial charge is 0.140 e. The number of rotatable bonds is 5. The van der Waals surface area contributed by atoms with Crippen molar-refractivity contribution in [3.05, 3.63) is 78.6 Å². The van der Waals surface area contributed by atoms with Crippen LogP contribution in [0.15, 0.2) is 73.1 Å². The van der Waals surface area contributed by atoms with Crippen LogP contribution in [0.1, 0.15) is 5.56 Å². The summed E-state index contributed by atoms with van der Waals surface area (Å²) >= 11 is 0. The molecule has 1 fully saturated rings. The molecule has 29 heavy (non-hydrogen) atoms. The van der Waals surface area contributed by atoms with E-state index < -0.39 is 0 Å². The molecule has 1 aliphatic heterocycles. The highest BCUT2D eigenvalue weighted by molar-refractivity contribution is 5.79. The first-order chi connectivity index (χ1) is 14.3. The summed E-state index contributed by atoms with van der Waals surface area (Å²) in [6, 6.07) is 21.2. The third-order valence-corrected chi connectivity index (χ3v) is 5.69. The molecule has 0 radical (unpaired) electrons. The number of aromatic nitrogens is 3. The number of nitrogens with one attached hydrogen (secondary N) is 1. The van der Waals surface area contributed by atoms with Crippen LogP contribution in [-0.4, -0.2) is 52.6 Å². The van der Waals surface area contributed by atoms with Crippen LogP contribution in [0.4, 0.5) is 5.69 Å². The second-order valence-electron chi connectivity index (χ2n) is 7.59. The predicted molar refractivity (Wildman–Crippen MR) is 118 cm³/mol. The van der Waals surface area contributed by atoms with Gasteiger partial charge in [0.05, 0.1) is 11.0 Å². The zero-order chi connectivity index (χ0) is 19.5. The summed E-state index contributed by atoms with van der Waals surface area (Å²) in [4.78, 5) is 17.4. The highest BCUT2D eigenvalue weighted by Gasteiger charge is 2.17. The molecule has 4 aromatic rings. The van der Waals surface area contributed by atoms with Crippen LogP contribution in [0.25, 0.3) is 22.4 Å². The largest absolute Gasteiger partial charge is 0.369 e. The number of aromatic amines is 1. The first-order valence-electron chi connectivity index (χ1n) is 10.3. The van der Waals surface area contributed by atoms with Gasteiger partial charge in [-0.1, -0.05) is 24.3 Å². The van der Waals surface area contributed by atoms with Crippen molar-refractivity contribution in [2.24, 2.45) is 0 Å². The van der Waals surface area contributed by atoms with Crippen molar-refractivity contribution in [1.29, 1.82) is 0 Å². The first kappa shape index (κ1) is 17.9. The summed E-state index contributed by atoms with van der Waals surface area (Å²) < 4.78 is 0. The van der Waals surface area contributed by atoms with Gasteiger partial charge in [-0.05, 0) is 48.4 Å². The molecule has 5 heteroatoms. The molecule has 0 unspecified atom stereocenters. The quantitative estimate of drug-likeness (QED) is 0.566. The topological polar surface area (TPSA) is 48.1 Å². The van der Waals surface area contributed by atoms with Crippen molar-refractivity contribution in [3.63, 3.8) is 0 Å². The van der Waals surface area contributed by atoms with Gasteiger partial charge in [0.25, 0.3) is 0 Å². The van der Waals surface area contributed by atoms with Crippen molar-refractivity contribution in [3.8, 4) is 11.4 Å². The molecule has 5 rings (SSSR count). The number of pyridine rings is 1. The number of piperazine rings is 1. The average molecular weight is 383 g/mol. The lowest BCUT2D eigenvalue weighted by Gasteiger charge is -2.36. The Morgan fingerprint density at radius 2 is 1.76 bits per heavy atom. The number of anilines is 1. The van der Waals surface area contributed by atoms with Gasteiger partial charge >= 0.3 is 0 Å². The fraction of sp³-hybridized carbons (Fsp3) is 0.250. The van der Waals surface area contributed by atoms with Crippen molar-refractivity contribution < 1.29 is 0 Å². The lowest BCUT2D eigenvalue weighted by atomic mass is 10.1. The molecule has 5 nitrogen and oxygen atoms in total.